The average molecular weight is 226 g/mol. The highest BCUT2D eigenvalue weighted by molar-refractivity contribution is 6.16. The maximum atomic E-state index is 13.1. The van der Waals surface area contributed by atoms with Crippen LogP contribution < -0.4 is 0 Å². The molecule has 2 aromatic rings. The van der Waals surface area contributed by atoms with Crippen LogP contribution in [0.3, 0.4) is 0 Å². The third-order valence-electron chi connectivity index (χ3n) is 2.16. The van der Waals surface area contributed by atoms with Gasteiger partial charge in [-0.3, -0.25) is 0 Å². The van der Waals surface area contributed by atoms with Crippen LogP contribution in [0.5, 0.6) is 0 Å². The maximum absolute atomic E-state index is 13.1. The van der Waals surface area contributed by atoms with Crippen LogP contribution in [0.2, 0.25) is 0 Å². The van der Waals surface area contributed by atoms with Crippen LogP contribution in [0.4, 0.5) is 4.39 Å². The first-order valence-electron chi connectivity index (χ1n) is 4.44. The van der Waals surface area contributed by atoms with Crippen molar-refractivity contribution in [3.05, 3.63) is 41.5 Å². The fraction of sp³-hybridized carbons (Fsp3) is 0.200. The Morgan fingerprint density at radius 2 is 2.27 bits per heavy atom. The van der Waals surface area contributed by atoms with Gasteiger partial charge in [0.05, 0.1) is 23.5 Å². The van der Waals surface area contributed by atoms with Crippen LogP contribution in [0, 0.1) is 12.7 Å². The highest BCUT2D eigenvalue weighted by Crippen LogP contribution is 2.16. The Labute approximate surface area is 91.5 Å². The molecule has 0 aliphatic rings. The molecule has 0 aliphatic carbocycles. The van der Waals surface area contributed by atoms with E-state index in [1.165, 1.54) is 12.1 Å². The quantitative estimate of drug-likeness (QED) is 0.735. The van der Waals surface area contributed by atoms with Crippen molar-refractivity contribution >= 4 is 11.6 Å². The normalized spacial score (nSPS) is 10.6. The van der Waals surface area contributed by atoms with E-state index in [1.54, 1.807) is 16.9 Å². The largest absolute Gasteiger partial charge is 0.216 e. The number of aryl methyl sites for hydroxylation is 1. The Balaban J connectivity index is 2.58. The van der Waals surface area contributed by atoms with Crippen LogP contribution >= 0.6 is 11.6 Å². The zero-order valence-corrected chi connectivity index (χ0v) is 8.87. The van der Waals surface area contributed by atoms with E-state index in [1.807, 2.05) is 6.92 Å². The number of hydrogen-bond acceptors (Lipinski definition) is 2. The second-order valence-electron chi connectivity index (χ2n) is 3.20. The molecule has 0 saturated heterocycles. The third-order valence-corrected chi connectivity index (χ3v) is 2.43. The predicted molar refractivity (Wildman–Crippen MR) is 55.6 cm³/mol. The summed E-state index contributed by atoms with van der Waals surface area (Å²) in [5, 5.41) is 7.62. The predicted octanol–water partition coefficient (Wildman–Crippen LogP) is 2.45. The van der Waals surface area contributed by atoms with E-state index in [0.29, 0.717) is 11.6 Å². The van der Waals surface area contributed by atoms with Crippen LogP contribution in [-0.4, -0.2) is 15.0 Å². The molecule has 0 aliphatic heterocycles. The zero-order valence-electron chi connectivity index (χ0n) is 8.11. The number of aromatic nitrogens is 3. The van der Waals surface area contributed by atoms with Crippen molar-refractivity contribution in [3.63, 3.8) is 0 Å². The molecule has 15 heavy (non-hydrogen) atoms. The highest BCUT2D eigenvalue weighted by Gasteiger charge is 2.08. The van der Waals surface area contributed by atoms with Gasteiger partial charge in [-0.2, -0.15) is 0 Å². The van der Waals surface area contributed by atoms with Gasteiger partial charge in [0.2, 0.25) is 0 Å². The van der Waals surface area contributed by atoms with Gasteiger partial charge >= 0.3 is 0 Å². The monoisotopic (exact) mass is 225 g/mol. The molecule has 1 heterocycles. The Morgan fingerprint density at radius 3 is 3.00 bits per heavy atom. The first-order chi connectivity index (χ1) is 7.22. The van der Waals surface area contributed by atoms with Crippen molar-refractivity contribution in [2.45, 2.75) is 12.8 Å². The van der Waals surface area contributed by atoms with Crippen molar-refractivity contribution in [2.24, 2.45) is 0 Å². The zero-order chi connectivity index (χ0) is 10.8. The van der Waals surface area contributed by atoms with E-state index in [0.717, 1.165) is 11.3 Å². The lowest BCUT2D eigenvalue weighted by molar-refractivity contribution is 0.623. The van der Waals surface area contributed by atoms with E-state index in [9.17, 15) is 4.39 Å². The van der Waals surface area contributed by atoms with Crippen molar-refractivity contribution < 1.29 is 4.39 Å². The Bertz CT molecular complexity index is 481. The Morgan fingerprint density at radius 1 is 1.47 bits per heavy atom. The summed E-state index contributed by atoms with van der Waals surface area (Å²) in [6.07, 6.45) is 1.57. The average Bonchev–Trinajstić information content (AvgIpc) is 2.69. The van der Waals surface area contributed by atoms with Crippen molar-refractivity contribution in [1.29, 1.82) is 0 Å². The summed E-state index contributed by atoms with van der Waals surface area (Å²) in [5.41, 5.74) is 2.33. The molecule has 0 unspecified atom stereocenters. The van der Waals surface area contributed by atoms with Gasteiger partial charge in [-0.15, -0.1) is 16.7 Å². The molecule has 5 heteroatoms. The van der Waals surface area contributed by atoms with Crippen LogP contribution in [0.25, 0.3) is 5.69 Å². The second kappa shape index (κ2) is 3.98. The first-order valence-corrected chi connectivity index (χ1v) is 4.98. The van der Waals surface area contributed by atoms with Gasteiger partial charge in [-0.25, -0.2) is 9.07 Å². The Hall–Kier alpha value is -1.42. The van der Waals surface area contributed by atoms with Gasteiger partial charge in [0.25, 0.3) is 0 Å². The first kappa shape index (κ1) is 10.1. The lowest BCUT2D eigenvalue weighted by Gasteiger charge is -2.07. The highest BCUT2D eigenvalue weighted by atomic mass is 35.5. The molecule has 0 spiro atoms. The van der Waals surface area contributed by atoms with Gasteiger partial charge in [0.1, 0.15) is 5.82 Å². The van der Waals surface area contributed by atoms with Gasteiger partial charge in [-0.1, -0.05) is 11.3 Å². The molecule has 0 bridgehead atoms. The minimum absolute atomic E-state index is 0.295. The SMILES string of the molecule is Cc1ccc(F)cc1-n1nncc1CCl. The molecule has 1 aromatic carbocycles. The summed E-state index contributed by atoms with van der Waals surface area (Å²) in [4.78, 5) is 0. The van der Waals surface area contributed by atoms with Gasteiger partial charge < -0.3 is 0 Å². The summed E-state index contributed by atoms with van der Waals surface area (Å²) in [6, 6.07) is 4.53. The van der Waals surface area contributed by atoms with Gasteiger partial charge in [0.15, 0.2) is 0 Å². The van der Waals surface area contributed by atoms with E-state index < -0.39 is 0 Å². The minimum atomic E-state index is -0.299. The lowest BCUT2D eigenvalue weighted by Crippen LogP contribution is -2.03. The number of rotatable bonds is 2. The summed E-state index contributed by atoms with van der Waals surface area (Å²) >= 11 is 5.72. The molecule has 0 radical (unpaired) electrons. The Kier molecular flexibility index (Phi) is 2.68. The molecule has 0 N–H and O–H groups in total. The van der Waals surface area contributed by atoms with E-state index in [4.69, 9.17) is 11.6 Å². The van der Waals surface area contributed by atoms with Gasteiger partial charge in [-0.05, 0) is 24.6 Å². The molecule has 0 atom stereocenters. The molecular weight excluding hydrogens is 217 g/mol. The summed E-state index contributed by atoms with van der Waals surface area (Å²) in [7, 11) is 0. The molecule has 78 valence electrons. The van der Waals surface area contributed by atoms with Crippen molar-refractivity contribution in [2.75, 3.05) is 0 Å². The van der Waals surface area contributed by atoms with Crippen molar-refractivity contribution in [3.8, 4) is 5.69 Å². The number of halogens is 2. The molecule has 0 fully saturated rings. The number of hydrogen-bond donors (Lipinski definition) is 0. The third kappa shape index (κ3) is 1.85. The fourth-order valence-electron chi connectivity index (χ4n) is 1.36. The summed E-state index contributed by atoms with van der Waals surface area (Å²) in [5.74, 6) is -0.00483. The fourth-order valence-corrected chi connectivity index (χ4v) is 1.54. The topological polar surface area (TPSA) is 30.7 Å². The van der Waals surface area contributed by atoms with E-state index in [-0.39, 0.29) is 5.82 Å². The maximum Gasteiger partial charge on any atom is 0.125 e. The molecule has 1 aromatic heterocycles. The molecular formula is C10H9ClFN3. The van der Waals surface area contributed by atoms with Crippen LogP contribution in [-0.2, 0) is 5.88 Å². The van der Waals surface area contributed by atoms with Crippen molar-refractivity contribution in [1.82, 2.24) is 15.0 Å². The summed E-state index contributed by atoms with van der Waals surface area (Å²) < 4.78 is 14.6. The number of benzene rings is 1. The second-order valence-corrected chi connectivity index (χ2v) is 3.47. The van der Waals surface area contributed by atoms with Crippen LogP contribution in [0.15, 0.2) is 24.4 Å². The smallest absolute Gasteiger partial charge is 0.125 e. The molecule has 3 nitrogen and oxygen atoms in total. The lowest BCUT2D eigenvalue weighted by atomic mass is 10.2. The number of nitrogens with zero attached hydrogens (tertiary/aromatic N) is 3. The number of alkyl halides is 1. The molecule has 0 saturated carbocycles. The summed E-state index contributed by atoms with van der Waals surface area (Å²) in [6.45, 7) is 1.88. The minimum Gasteiger partial charge on any atom is -0.216 e. The van der Waals surface area contributed by atoms with Crippen LogP contribution in [0.1, 0.15) is 11.3 Å². The van der Waals surface area contributed by atoms with E-state index >= 15 is 0 Å². The molecule has 0 amide bonds. The standard InChI is InChI=1S/C10H9ClFN3/c1-7-2-3-8(12)4-10(7)15-9(5-11)6-13-14-15/h2-4,6H,5H2,1H3. The van der Waals surface area contributed by atoms with E-state index in [2.05, 4.69) is 10.3 Å². The molecule has 2 rings (SSSR count). The van der Waals surface area contributed by atoms with Gasteiger partial charge in [0, 0.05) is 0 Å².